The lowest BCUT2D eigenvalue weighted by molar-refractivity contribution is -0.400. The zero-order valence-electron chi connectivity index (χ0n) is 9.12. The van der Waals surface area contributed by atoms with Gasteiger partial charge in [0.05, 0.1) is 12.0 Å². The standard InChI is InChI=1S/C11H10N2O4/c1-16-11-8-9(4-6-13(14)15)2-3-10(11)17-7-5-12/h2-4,6,8H,7H2,1H3. The van der Waals surface area contributed by atoms with Crippen molar-refractivity contribution in [1.29, 1.82) is 5.26 Å². The second kappa shape index (κ2) is 6.12. The zero-order valence-corrected chi connectivity index (χ0v) is 9.12. The van der Waals surface area contributed by atoms with Crippen LogP contribution >= 0.6 is 0 Å². The van der Waals surface area contributed by atoms with Gasteiger partial charge in [-0.25, -0.2) is 0 Å². The van der Waals surface area contributed by atoms with Crippen molar-refractivity contribution in [3.63, 3.8) is 0 Å². The molecule has 0 aliphatic carbocycles. The minimum Gasteiger partial charge on any atom is -0.493 e. The van der Waals surface area contributed by atoms with Crippen LogP contribution in [0.2, 0.25) is 0 Å². The number of hydrogen-bond acceptors (Lipinski definition) is 5. The fourth-order valence-corrected chi connectivity index (χ4v) is 1.16. The van der Waals surface area contributed by atoms with Crippen molar-refractivity contribution < 1.29 is 14.4 Å². The molecule has 6 nitrogen and oxygen atoms in total. The summed E-state index contributed by atoms with van der Waals surface area (Å²) in [5.41, 5.74) is 0.614. The molecule has 0 amide bonds. The van der Waals surface area contributed by atoms with Crippen LogP contribution in [-0.2, 0) is 0 Å². The normalized spacial score (nSPS) is 9.88. The molecule has 0 atom stereocenters. The van der Waals surface area contributed by atoms with Gasteiger partial charge in [-0.15, -0.1) is 0 Å². The van der Waals surface area contributed by atoms with Crippen LogP contribution in [0.5, 0.6) is 11.5 Å². The highest BCUT2D eigenvalue weighted by Gasteiger charge is 2.04. The Balaban J connectivity index is 2.92. The van der Waals surface area contributed by atoms with E-state index in [0.717, 1.165) is 6.20 Å². The van der Waals surface area contributed by atoms with Crippen molar-refractivity contribution >= 4 is 6.08 Å². The smallest absolute Gasteiger partial charge is 0.235 e. The predicted octanol–water partition coefficient (Wildman–Crippen LogP) is 1.84. The maximum Gasteiger partial charge on any atom is 0.235 e. The topological polar surface area (TPSA) is 85.4 Å². The van der Waals surface area contributed by atoms with E-state index in [2.05, 4.69) is 0 Å². The SMILES string of the molecule is COc1cc(C=C[N+](=O)[O-])ccc1OCC#N. The first-order chi connectivity index (χ1) is 8.17. The minimum atomic E-state index is -0.549. The first kappa shape index (κ1) is 12.5. The Morgan fingerprint density at radius 1 is 1.53 bits per heavy atom. The molecule has 0 spiro atoms. The summed E-state index contributed by atoms with van der Waals surface area (Å²) in [4.78, 5) is 9.61. The highest BCUT2D eigenvalue weighted by molar-refractivity contribution is 5.55. The number of nitriles is 1. The fraction of sp³-hybridized carbons (Fsp3) is 0.182. The number of rotatable bonds is 5. The number of nitrogens with zero attached hydrogens (tertiary/aromatic N) is 2. The number of ether oxygens (including phenoxy) is 2. The molecule has 0 saturated carbocycles. The Hall–Kier alpha value is -2.55. The quantitative estimate of drug-likeness (QED) is 0.573. The van der Waals surface area contributed by atoms with Gasteiger partial charge in [-0.3, -0.25) is 10.1 Å². The molecule has 1 rings (SSSR count). The number of hydrogen-bond donors (Lipinski definition) is 0. The maximum atomic E-state index is 10.2. The average Bonchev–Trinajstić information content (AvgIpc) is 2.34. The van der Waals surface area contributed by atoms with Crippen LogP contribution < -0.4 is 9.47 Å². The predicted molar refractivity (Wildman–Crippen MR) is 60.1 cm³/mol. The van der Waals surface area contributed by atoms with Gasteiger partial charge in [0.15, 0.2) is 18.1 Å². The molecule has 17 heavy (non-hydrogen) atoms. The van der Waals surface area contributed by atoms with Crippen LogP contribution in [0.25, 0.3) is 6.08 Å². The summed E-state index contributed by atoms with van der Waals surface area (Å²) in [6, 6.07) is 6.66. The Morgan fingerprint density at radius 3 is 2.88 bits per heavy atom. The molecule has 0 bridgehead atoms. The van der Waals surface area contributed by atoms with Crippen molar-refractivity contribution in [2.24, 2.45) is 0 Å². The molecule has 0 fully saturated rings. The van der Waals surface area contributed by atoms with Crippen LogP contribution in [-0.4, -0.2) is 18.6 Å². The van der Waals surface area contributed by atoms with Gasteiger partial charge in [-0.05, 0) is 17.7 Å². The Kier molecular flexibility index (Phi) is 4.51. The lowest BCUT2D eigenvalue weighted by atomic mass is 10.2. The van der Waals surface area contributed by atoms with Crippen LogP contribution in [0.15, 0.2) is 24.4 Å². The monoisotopic (exact) mass is 234 g/mol. The summed E-state index contributed by atoms with van der Waals surface area (Å²) < 4.78 is 10.2. The van der Waals surface area contributed by atoms with Crippen molar-refractivity contribution in [3.05, 3.63) is 40.1 Å². The van der Waals surface area contributed by atoms with E-state index in [4.69, 9.17) is 14.7 Å². The van der Waals surface area contributed by atoms with Gasteiger partial charge in [0.1, 0.15) is 6.07 Å². The minimum absolute atomic E-state index is 0.0829. The van der Waals surface area contributed by atoms with Gasteiger partial charge < -0.3 is 9.47 Å². The van der Waals surface area contributed by atoms with E-state index in [9.17, 15) is 10.1 Å². The van der Waals surface area contributed by atoms with Gasteiger partial charge in [0.25, 0.3) is 0 Å². The molecule has 1 aromatic carbocycles. The van der Waals surface area contributed by atoms with E-state index >= 15 is 0 Å². The molecule has 0 saturated heterocycles. The third kappa shape index (κ3) is 3.83. The molecule has 0 aliphatic rings. The first-order valence-electron chi connectivity index (χ1n) is 4.67. The Labute approximate surface area is 97.8 Å². The maximum absolute atomic E-state index is 10.2. The number of methoxy groups -OCH3 is 1. The molecular formula is C11H10N2O4. The second-order valence-electron chi connectivity index (χ2n) is 2.96. The molecule has 0 N–H and O–H groups in total. The highest BCUT2D eigenvalue weighted by atomic mass is 16.6. The van der Waals surface area contributed by atoms with E-state index < -0.39 is 4.92 Å². The molecular weight excluding hydrogens is 224 g/mol. The van der Waals surface area contributed by atoms with Crippen molar-refractivity contribution in [2.45, 2.75) is 0 Å². The second-order valence-corrected chi connectivity index (χ2v) is 2.96. The largest absolute Gasteiger partial charge is 0.493 e. The van der Waals surface area contributed by atoms with Crippen LogP contribution in [0, 0.1) is 21.4 Å². The number of benzene rings is 1. The molecule has 0 aliphatic heterocycles. The molecule has 88 valence electrons. The van der Waals surface area contributed by atoms with Gasteiger partial charge in [-0.1, -0.05) is 6.07 Å². The zero-order chi connectivity index (χ0) is 12.7. The molecule has 0 unspecified atom stereocenters. The lowest BCUT2D eigenvalue weighted by Crippen LogP contribution is -1.96. The molecule has 6 heteroatoms. The van der Waals surface area contributed by atoms with Crippen molar-refractivity contribution in [3.8, 4) is 17.6 Å². The molecule has 0 heterocycles. The van der Waals surface area contributed by atoms with E-state index in [-0.39, 0.29) is 6.61 Å². The van der Waals surface area contributed by atoms with Crippen molar-refractivity contribution in [1.82, 2.24) is 0 Å². The summed E-state index contributed by atoms with van der Waals surface area (Å²) in [5.74, 6) is 0.845. The van der Waals surface area contributed by atoms with E-state index in [1.54, 1.807) is 18.2 Å². The van der Waals surface area contributed by atoms with Crippen molar-refractivity contribution in [2.75, 3.05) is 13.7 Å². The molecule has 0 radical (unpaired) electrons. The summed E-state index contributed by atoms with van der Waals surface area (Å²) in [7, 11) is 1.45. The van der Waals surface area contributed by atoms with Gasteiger partial charge in [-0.2, -0.15) is 5.26 Å². The molecule has 0 aromatic heterocycles. The highest BCUT2D eigenvalue weighted by Crippen LogP contribution is 2.28. The van der Waals surface area contributed by atoms with E-state index in [0.29, 0.717) is 17.1 Å². The third-order valence-corrected chi connectivity index (χ3v) is 1.87. The van der Waals surface area contributed by atoms with E-state index in [1.165, 1.54) is 13.2 Å². The summed E-state index contributed by atoms with van der Waals surface area (Å²) in [6.07, 6.45) is 2.18. The molecule has 1 aromatic rings. The van der Waals surface area contributed by atoms with E-state index in [1.807, 2.05) is 6.07 Å². The lowest BCUT2D eigenvalue weighted by Gasteiger charge is -2.08. The Morgan fingerprint density at radius 2 is 2.29 bits per heavy atom. The number of nitro groups is 1. The van der Waals surface area contributed by atoms with Gasteiger partial charge >= 0.3 is 0 Å². The summed E-state index contributed by atoms with van der Waals surface area (Å²) in [6.45, 7) is -0.0829. The first-order valence-corrected chi connectivity index (χ1v) is 4.67. The average molecular weight is 234 g/mol. The van der Waals surface area contributed by atoms with Crippen LogP contribution in [0.4, 0.5) is 0 Å². The van der Waals surface area contributed by atoms with Gasteiger partial charge in [0, 0.05) is 6.08 Å². The Bertz CT molecular complexity index is 477. The summed E-state index contributed by atoms with van der Waals surface area (Å²) >= 11 is 0. The van der Waals surface area contributed by atoms with Crippen LogP contribution in [0.3, 0.4) is 0 Å². The van der Waals surface area contributed by atoms with Gasteiger partial charge in [0.2, 0.25) is 6.20 Å². The van der Waals surface area contributed by atoms with Crippen LogP contribution in [0.1, 0.15) is 5.56 Å². The fourth-order valence-electron chi connectivity index (χ4n) is 1.16. The summed E-state index contributed by atoms with van der Waals surface area (Å²) in [5, 5.41) is 18.6. The third-order valence-electron chi connectivity index (χ3n) is 1.87.